The number of aromatic nitrogens is 1. The Morgan fingerprint density at radius 3 is 3.00 bits per heavy atom. The third-order valence-electron chi connectivity index (χ3n) is 3.02. The van der Waals surface area contributed by atoms with Crippen LogP contribution in [0.1, 0.15) is 17.3 Å². The summed E-state index contributed by atoms with van der Waals surface area (Å²) >= 11 is 0. The molecule has 2 heterocycles. The summed E-state index contributed by atoms with van der Waals surface area (Å²) < 4.78 is 40.8. The lowest BCUT2D eigenvalue weighted by atomic mass is 10.2. The van der Waals surface area contributed by atoms with Gasteiger partial charge in [0.15, 0.2) is 6.61 Å². The standard InChI is InChI=1S/C13H16F3N3O2/c1-9-7-19(5-4-17-9)12(20)10-2-3-18-11(6-10)21-8-13(14,15)16/h2-3,6,9,17H,4-5,7-8H2,1H3/t9-/m1/s1. The van der Waals surface area contributed by atoms with Gasteiger partial charge in [0.1, 0.15) is 0 Å². The van der Waals surface area contributed by atoms with Gasteiger partial charge in [0.05, 0.1) is 0 Å². The number of nitrogens with one attached hydrogen (secondary N) is 1. The summed E-state index contributed by atoms with van der Waals surface area (Å²) in [5.41, 5.74) is 0.274. The van der Waals surface area contributed by atoms with Crippen LogP contribution >= 0.6 is 0 Å². The highest BCUT2D eigenvalue weighted by atomic mass is 19.4. The number of piperazine rings is 1. The van der Waals surface area contributed by atoms with E-state index in [-0.39, 0.29) is 23.4 Å². The van der Waals surface area contributed by atoms with Gasteiger partial charge in [-0.25, -0.2) is 4.98 Å². The van der Waals surface area contributed by atoms with Crippen LogP contribution in [0.15, 0.2) is 18.3 Å². The molecule has 1 N–H and O–H groups in total. The first-order valence-corrected chi connectivity index (χ1v) is 6.53. The van der Waals surface area contributed by atoms with Gasteiger partial charge in [-0.2, -0.15) is 13.2 Å². The Bertz CT molecular complexity index is 508. The molecule has 21 heavy (non-hydrogen) atoms. The van der Waals surface area contributed by atoms with Gasteiger partial charge in [-0.3, -0.25) is 4.79 Å². The van der Waals surface area contributed by atoms with E-state index in [1.165, 1.54) is 18.3 Å². The minimum absolute atomic E-state index is 0.186. The number of carbonyl (C=O) groups excluding carboxylic acids is 1. The SMILES string of the molecule is C[C@@H]1CN(C(=O)c2ccnc(OCC(F)(F)F)c2)CCN1. The first kappa shape index (κ1) is 15.6. The van der Waals surface area contributed by atoms with Crippen molar-refractivity contribution >= 4 is 5.91 Å². The first-order valence-electron chi connectivity index (χ1n) is 6.53. The highest BCUT2D eigenvalue weighted by Crippen LogP contribution is 2.18. The van der Waals surface area contributed by atoms with Crippen molar-refractivity contribution in [3.8, 4) is 5.88 Å². The van der Waals surface area contributed by atoms with Gasteiger partial charge >= 0.3 is 6.18 Å². The predicted molar refractivity (Wildman–Crippen MR) is 69.2 cm³/mol. The highest BCUT2D eigenvalue weighted by molar-refractivity contribution is 5.94. The summed E-state index contributed by atoms with van der Waals surface area (Å²) in [5, 5.41) is 3.21. The molecule has 8 heteroatoms. The van der Waals surface area contributed by atoms with Gasteiger partial charge in [-0.15, -0.1) is 0 Å². The molecule has 116 valence electrons. The molecule has 0 bridgehead atoms. The largest absolute Gasteiger partial charge is 0.468 e. The summed E-state index contributed by atoms with van der Waals surface area (Å²) in [4.78, 5) is 17.6. The molecule has 1 aromatic rings. The predicted octanol–water partition coefficient (Wildman–Crippen LogP) is 1.46. The molecule has 0 aliphatic carbocycles. The Kier molecular flexibility index (Phi) is 4.66. The number of hydrogen-bond acceptors (Lipinski definition) is 4. The summed E-state index contributed by atoms with van der Waals surface area (Å²) in [6.07, 6.45) is -3.17. The van der Waals surface area contributed by atoms with E-state index in [2.05, 4.69) is 15.0 Å². The van der Waals surface area contributed by atoms with Crippen molar-refractivity contribution in [1.82, 2.24) is 15.2 Å². The lowest BCUT2D eigenvalue weighted by molar-refractivity contribution is -0.154. The number of alkyl halides is 3. The van der Waals surface area contributed by atoms with Crippen LogP contribution in [0.25, 0.3) is 0 Å². The number of pyridine rings is 1. The second-order valence-electron chi connectivity index (χ2n) is 4.89. The molecule has 0 spiro atoms. The second-order valence-corrected chi connectivity index (χ2v) is 4.89. The van der Waals surface area contributed by atoms with Gasteiger partial charge < -0.3 is 15.0 Å². The third-order valence-corrected chi connectivity index (χ3v) is 3.02. The Morgan fingerprint density at radius 1 is 1.57 bits per heavy atom. The topological polar surface area (TPSA) is 54.5 Å². The smallest absolute Gasteiger partial charge is 0.422 e. The van der Waals surface area contributed by atoms with Crippen LogP contribution in [0.4, 0.5) is 13.2 Å². The number of nitrogens with zero attached hydrogens (tertiary/aromatic N) is 2. The number of hydrogen-bond donors (Lipinski definition) is 1. The van der Waals surface area contributed by atoms with E-state index in [0.29, 0.717) is 19.6 Å². The number of amides is 1. The molecule has 1 aromatic heterocycles. The maximum atomic E-state index is 12.3. The Morgan fingerprint density at radius 2 is 2.33 bits per heavy atom. The van der Waals surface area contributed by atoms with E-state index in [1.54, 1.807) is 4.90 Å². The molecule has 1 fully saturated rings. The number of rotatable bonds is 3. The monoisotopic (exact) mass is 303 g/mol. The summed E-state index contributed by atoms with van der Waals surface area (Å²) in [5.74, 6) is -0.441. The van der Waals surface area contributed by atoms with Crippen molar-refractivity contribution in [3.63, 3.8) is 0 Å². The van der Waals surface area contributed by atoms with Crippen molar-refractivity contribution in [2.24, 2.45) is 0 Å². The van der Waals surface area contributed by atoms with Gasteiger partial charge in [0.25, 0.3) is 5.91 Å². The zero-order chi connectivity index (χ0) is 15.5. The lowest BCUT2D eigenvalue weighted by Gasteiger charge is -2.31. The van der Waals surface area contributed by atoms with Crippen LogP contribution in [0.3, 0.4) is 0 Å². The third kappa shape index (κ3) is 4.59. The van der Waals surface area contributed by atoms with Crippen LogP contribution in [0.2, 0.25) is 0 Å². The second kappa shape index (κ2) is 6.30. The minimum atomic E-state index is -4.43. The minimum Gasteiger partial charge on any atom is -0.468 e. The number of halogens is 3. The molecular formula is C13H16F3N3O2. The number of carbonyl (C=O) groups is 1. The Labute approximate surface area is 120 Å². The van der Waals surface area contributed by atoms with Crippen LogP contribution in [-0.2, 0) is 0 Å². The normalized spacial score (nSPS) is 19.4. The summed E-state index contributed by atoms with van der Waals surface area (Å²) in [7, 11) is 0. The van der Waals surface area contributed by atoms with Crippen molar-refractivity contribution in [2.75, 3.05) is 26.2 Å². The molecule has 5 nitrogen and oxygen atoms in total. The molecule has 1 aliphatic rings. The van der Waals surface area contributed by atoms with E-state index in [9.17, 15) is 18.0 Å². The lowest BCUT2D eigenvalue weighted by Crippen LogP contribution is -2.51. The van der Waals surface area contributed by atoms with E-state index in [1.807, 2.05) is 6.92 Å². The summed E-state index contributed by atoms with van der Waals surface area (Å²) in [6.45, 7) is 2.34. The molecule has 0 saturated carbocycles. The van der Waals surface area contributed by atoms with Crippen molar-refractivity contribution in [2.45, 2.75) is 19.1 Å². The fraction of sp³-hybridized carbons (Fsp3) is 0.538. The molecule has 1 atom stereocenters. The van der Waals surface area contributed by atoms with E-state index >= 15 is 0 Å². The molecular weight excluding hydrogens is 287 g/mol. The zero-order valence-electron chi connectivity index (χ0n) is 11.5. The molecule has 1 amide bonds. The van der Waals surface area contributed by atoms with Crippen molar-refractivity contribution in [3.05, 3.63) is 23.9 Å². The zero-order valence-corrected chi connectivity index (χ0v) is 11.5. The van der Waals surface area contributed by atoms with Crippen molar-refractivity contribution in [1.29, 1.82) is 0 Å². The maximum Gasteiger partial charge on any atom is 0.422 e. The average Bonchev–Trinajstić information content (AvgIpc) is 2.44. The highest BCUT2D eigenvalue weighted by Gasteiger charge is 2.29. The van der Waals surface area contributed by atoms with Crippen LogP contribution < -0.4 is 10.1 Å². The van der Waals surface area contributed by atoms with Gasteiger partial charge in [-0.05, 0) is 13.0 Å². The van der Waals surface area contributed by atoms with Crippen molar-refractivity contribution < 1.29 is 22.7 Å². The van der Waals surface area contributed by atoms with E-state index in [0.717, 1.165) is 0 Å². The summed E-state index contributed by atoms with van der Waals surface area (Å²) in [6, 6.07) is 2.89. The Hall–Kier alpha value is -1.83. The van der Waals surface area contributed by atoms with Crippen LogP contribution in [-0.4, -0.2) is 54.3 Å². The molecule has 1 aliphatic heterocycles. The molecule has 0 unspecified atom stereocenters. The van der Waals surface area contributed by atoms with Gasteiger partial charge in [0, 0.05) is 43.5 Å². The van der Waals surface area contributed by atoms with E-state index in [4.69, 9.17) is 0 Å². The average molecular weight is 303 g/mol. The number of ether oxygens (including phenoxy) is 1. The van der Waals surface area contributed by atoms with Crippen LogP contribution in [0.5, 0.6) is 5.88 Å². The molecule has 1 saturated heterocycles. The maximum absolute atomic E-state index is 12.3. The van der Waals surface area contributed by atoms with Gasteiger partial charge in [0.2, 0.25) is 5.88 Å². The quantitative estimate of drug-likeness (QED) is 0.918. The van der Waals surface area contributed by atoms with E-state index < -0.39 is 12.8 Å². The Balaban J connectivity index is 2.04. The van der Waals surface area contributed by atoms with Crippen LogP contribution in [0, 0.1) is 0 Å². The van der Waals surface area contributed by atoms with Gasteiger partial charge in [-0.1, -0.05) is 0 Å². The fourth-order valence-corrected chi connectivity index (χ4v) is 2.08. The fourth-order valence-electron chi connectivity index (χ4n) is 2.08. The molecule has 0 radical (unpaired) electrons. The molecule has 0 aromatic carbocycles. The molecule has 2 rings (SSSR count). The first-order chi connectivity index (χ1) is 9.85.